The number of nitrogens with zero attached hydrogens (tertiary/aromatic N) is 6. The smallest absolute Gasteiger partial charge is 0.276 e. The highest BCUT2D eigenvalue weighted by Gasteiger charge is 2.18. The predicted octanol–water partition coefficient (Wildman–Crippen LogP) is 4.77. The summed E-state index contributed by atoms with van der Waals surface area (Å²) >= 11 is 15.6. The van der Waals surface area contributed by atoms with Crippen molar-refractivity contribution in [1.82, 2.24) is 29.3 Å². The molecule has 8 nitrogen and oxygen atoms in total. The first-order valence-electron chi connectivity index (χ1n) is 9.31. The predicted molar refractivity (Wildman–Crippen MR) is 123 cm³/mol. The lowest BCUT2D eigenvalue weighted by atomic mass is 10.2. The molecule has 1 amide bonds. The molecule has 0 aliphatic rings. The van der Waals surface area contributed by atoms with Gasteiger partial charge in [0.2, 0.25) is 0 Å². The summed E-state index contributed by atoms with van der Waals surface area (Å²) in [7, 11) is 0. The topological polar surface area (TPSA) is 82.6 Å². The number of carbonyl (C=O) groups excluding carboxylic acids is 1. The Balaban J connectivity index is 1.48. The van der Waals surface area contributed by atoms with Gasteiger partial charge in [-0.3, -0.25) is 14.2 Å². The van der Waals surface area contributed by atoms with E-state index in [4.69, 9.17) is 23.2 Å². The van der Waals surface area contributed by atoms with E-state index in [1.807, 2.05) is 26.1 Å². The summed E-state index contributed by atoms with van der Waals surface area (Å²) in [6.07, 6.45) is 5.25. The number of benzene rings is 1. The van der Waals surface area contributed by atoms with Crippen molar-refractivity contribution in [1.29, 1.82) is 0 Å². The molecule has 0 radical (unpaired) electrons. The second kappa shape index (κ2) is 8.86. The second-order valence-corrected chi connectivity index (χ2v) is 8.73. The van der Waals surface area contributed by atoms with Crippen molar-refractivity contribution in [2.75, 3.05) is 5.32 Å². The fraction of sp³-hybridized carbons (Fsp3) is 0.200. The number of amides is 1. The molecule has 1 N–H and O–H groups in total. The Morgan fingerprint density at radius 1 is 1.16 bits per heavy atom. The second-order valence-electron chi connectivity index (χ2n) is 6.97. The fourth-order valence-electron chi connectivity index (χ4n) is 3.15. The Hall–Kier alpha value is -2.62. The third kappa shape index (κ3) is 4.84. The zero-order valence-corrected chi connectivity index (χ0v) is 19.8. The fourth-order valence-corrected chi connectivity index (χ4v) is 3.94. The molecule has 0 saturated heterocycles. The zero-order valence-electron chi connectivity index (χ0n) is 16.7. The molecule has 0 atom stereocenters. The summed E-state index contributed by atoms with van der Waals surface area (Å²) in [6.45, 7) is 4.60. The van der Waals surface area contributed by atoms with Crippen LogP contribution in [0.2, 0.25) is 10.0 Å². The molecule has 0 aliphatic heterocycles. The van der Waals surface area contributed by atoms with Gasteiger partial charge in [0.15, 0.2) is 5.69 Å². The standard InChI is InChI=1S/C20H18BrCl2N7O/c1-12-19(13(2)30(26-12)9-14-3-4-16(22)7-17(14)23)25-20(31)18-5-6-28(27-18)11-29-10-15(21)8-24-29/h3-8,10H,9,11H2,1-2H3,(H,25,31). The van der Waals surface area contributed by atoms with E-state index < -0.39 is 0 Å². The lowest BCUT2D eigenvalue weighted by Crippen LogP contribution is -2.16. The maximum atomic E-state index is 12.8. The van der Waals surface area contributed by atoms with E-state index in [2.05, 4.69) is 36.5 Å². The van der Waals surface area contributed by atoms with Gasteiger partial charge in [0, 0.05) is 22.4 Å². The molecule has 0 spiro atoms. The van der Waals surface area contributed by atoms with Crippen LogP contribution in [0, 0.1) is 13.8 Å². The highest BCUT2D eigenvalue weighted by Crippen LogP contribution is 2.25. The Kier molecular flexibility index (Phi) is 6.17. The number of aromatic nitrogens is 6. The normalized spacial score (nSPS) is 11.1. The quantitative estimate of drug-likeness (QED) is 0.395. The van der Waals surface area contributed by atoms with Gasteiger partial charge in [-0.1, -0.05) is 29.3 Å². The van der Waals surface area contributed by atoms with Crippen molar-refractivity contribution in [3.63, 3.8) is 0 Å². The number of carbonyl (C=O) groups is 1. The van der Waals surface area contributed by atoms with Gasteiger partial charge in [0.25, 0.3) is 5.91 Å². The number of anilines is 1. The molecule has 0 unspecified atom stereocenters. The number of nitrogens with one attached hydrogen (secondary N) is 1. The van der Waals surface area contributed by atoms with Crippen molar-refractivity contribution in [2.24, 2.45) is 0 Å². The van der Waals surface area contributed by atoms with Crippen molar-refractivity contribution in [3.05, 3.63) is 80.0 Å². The van der Waals surface area contributed by atoms with E-state index in [1.54, 1.807) is 44.6 Å². The van der Waals surface area contributed by atoms with Crippen LogP contribution in [-0.4, -0.2) is 35.2 Å². The van der Waals surface area contributed by atoms with Gasteiger partial charge in [0.05, 0.1) is 34.3 Å². The van der Waals surface area contributed by atoms with E-state index in [9.17, 15) is 4.79 Å². The zero-order chi connectivity index (χ0) is 22.1. The van der Waals surface area contributed by atoms with Crippen LogP contribution in [0.3, 0.4) is 0 Å². The van der Waals surface area contributed by atoms with Crippen LogP contribution in [0.1, 0.15) is 27.4 Å². The van der Waals surface area contributed by atoms with Crippen LogP contribution in [-0.2, 0) is 13.2 Å². The minimum absolute atomic E-state index is 0.304. The summed E-state index contributed by atoms with van der Waals surface area (Å²) in [5.41, 5.74) is 3.37. The van der Waals surface area contributed by atoms with Gasteiger partial charge in [-0.25, -0.2) is 4.68 Å². The first-order valence-corrected chi connectivity index (χ1v) is 10.9. The number of halogens is 3. The average Bonchev–Trinajstić information content (AvgIpc) is 3.41. The minimum atomic E-state index is -0.310. The highest BCUT2D eigenvalue weighted by molar-refractivity contribution is 9.10. The number of hydrogen-bond donors (Lipinski definition) is 1. The Labute approximate surface area is 196 Å². The van der Waals surface area contributed by atoms with E-state index in [0.29, 0.717) is 40.3 Å². The lowest BCUT2D eigenvalue weighted by Gasteiger charge is -2.08. The third-order valence-corrected chi connectivity index (χ3v) is 5.72. The van der Waals surface area contributed by atoms with Gasteiger partial charge in [-0.2, -0.15) is 15.3 Å². The van der Waals surface area contributed by atoms with Crippen LogP contribution in [0.15, 0.2) is 47.3 Å². The molecule has 3 aromatic heterocycles. The van der Waals surface area contributed by atoms with E-state index >= 15 is 0 Å². The first-order chi connectivity index (χ1) is 14.8. The molecule has 160 valence electrons. The Morgan fingerprint density at radius 2 is 1.97 bits per heavy atom. The SMILES string of the molecule is Cc1nn(Cc2ccc(Cl)cc2Cl)c(C)c1NC(=O)c1ccn(Cn2cc(Br)cn2)n1. The minimum Gasteiger partial charge on any atom is -0.317 e. The molecule has 4 rings (SSSR count). The molecule has 0 aliphatic carbocycles. The molecule has 11 heteroatoms. The maximum Gasteiger partial charge on any atom is 0.276 e. The van der Waals surface area contributed by atoms with Crippen molar-refractivity contribution < 1.29 is 4.79 Å². The summed E-state index contributed by atoms with van der Waals surface area (Å²) in [5, 5.41) is 17.1. The van der Waals surface area contributed by atoms with E-state index in [1.165, 1.54) is 0 Å². The molecule has 4 aromatic rings. The highest BCUT2D eigenvalue weighted by atomic mass is 79.9. The summed E-state index contributed by atoms with van der Waals surface area (Å²) in [6, 6.07) is 7.02. The van der Waals surface area contributed by atoms with Gasteiger partial charge in [0.1, 0.15) is 6.67 Å². The lowest BCUT2D eigenvalue weighted by molar-refractivity contribution is 0.102. The number of rotatable bonds is 6. The molecule has 0 fully saturated rings. The summed E-state index contributed by atoms with van der Waals surface area (Å²) in [4.78, 5) is 12.8. The largest absolute Gasteiger partial charge is 0.317 e. The summed E-state index contributed by atoms with van der Waals surface area (Å²) in [5.74, 6) is -0.310. The summed E-state index contributed by atoms with van der Waals surface area (Å²) < 4.78 is 6.02. The van der Waals surface area contributed by atoms with Crippen LogP contribution in [0.5, 0.6) is 0 Å². The molecular formula is C20H18BrCl2N7O. The van der Waals surface area contributed by atoms with Gasteiger partial charge >= 0.3 is 0 Å². The maximum absolute atomic E-state index is 12.8. The van der Waals surface area contributed by atoms with Crippen LogP contribution in [0.25, 0.3) is 0 Å². The molecule has 0 bridgehead atoms. The van der Waals surface area contributed by atoms with Crippen LogP contribution in [0.4, 0.5) is 5.69 Å². The number of aryl methyl sites for hydroxylation is 1. The van der Waals surface area contributed by atoms with Gasteiger partial charge < -0.3 is 5.32 Å². The van der Waals surface area contributed by atoms with Gasteiger partial charge in [-0.15, -0.1) is 0 Å². The van der Waals surface area contributed by atoms with Crippen LogP contribution < -0.4 is 5.32 Å². The van der Waals surface area contributed by atoms with Crippen LogP contribution >= 0.6 is 39.1 Å². The Morgan fingerprint density at radius 3 is 2.68 bits per heavy atom. The van der Waals surface area contributed by atoms with Crippen molar-refractivity contribution in [2.45, 2.75) is 27.1 Å². The van der Waals surface area contributed by atoms with E-state index in [0.717, 1.165) is 15.7 Å². The van der Waals surface area contributed by atoms with Crippen molar-refractivity contribution in [3.8, 4) is 0 Å². The Bertz CT molecular complexity index is 1260. The number of hydrogen-bond acceptors (Lipinski definition) is 4. The van der Waals surface area contributed by atoms with Gasteiger partial charge in [-0.05, 0) is 53.5 Å². The molecule has 1 aromatic carbocycles. The van der Waals surface area contributed by atoms with E-state index in [-0.39, 0.29) is 5.91 Å². The molecular weight excluding hydrogens is 505 g/mol. The third-order valence-electron chi connectivity index (χ3n) is 4.72. The monoisotopic (exact) mass is 521 g/mol. The van der Waals surface area contributed by atoms with Crippen molar-refractivity contribution >= 4 is 50.7 Å². The average molecular weight is 523 g/mol. The molecule has 3 heterocycles. The molecule has 0 saturated carbocycles. The first kappa shape index (κ1) is 21.6. The molecule has 31 heavy (non-hydrogen) atoms.